The second kappa shape index (κ2) is 6.56. The van der Waals surface area contributed by atoms with Crippen molar-refractivity contribution in [3.8, 4) is 17.2 Å². The summed E-state index contributed by atoms with van der Waals surface area (Å²) in [4.78, 5) is 0. The van der Waals surface area contributed by atoms with E-state index in [-0.39, 0.29) is 0 Å². The van der Waals surface area contributed by atoms with E-state index in [2.05, 4.69) is 15.9 Å². The fraction of sp³-hybridized carbons (Fsp3) is 0.455. The van der Waals surface area contributed by atoms with Crippen LogP contribution in [0.15, 0.2) is 18.2 Å². The summed E-state index contributed by atoms with van der Waals surface area (Å²) < 4.78 is 16.0. The van der Waals surface area contributed by atoms with Crippen LogP contribution in [-0.2, 0) is 0 Å². The summed E-state index contributed by atoms with van der Waals surface area (Å²) >= 11 is 3.35. The van der Waals surface area contributed by atoms with Crippen LogP contribution < -0.4 is 14.2 Å². The summed E-state index contributed by atoms with van der Waals surface area (Å²) in [6, 6.07) is 5.59. The van der Waals surface area contributed by atoms with E-state index >= 15 is 0 Å². The Morgan fingerprint density at radius 2 is 1.87 bits per heavy atom. The zero-order valence-electron chi connectivity index (χ0n) is 8.96. The Hall–Kier alpha value is -0.900. The van der Waals surface area contributed by atoms with Gasteiger partial charge < -0.3 is 14.2 Å². The number of methoxy groups -OCH3 is 2. The van der Waals surface area contributed by atoms with Crippen molar-refractivity contribution in [1.82, 2.24) is 0 Å². The average molecular weight is 275 g/mol. The van der Waals surface area contributed by atoms with E-state index in [4.69, 9.17) is 14.2 Å². The minimum Gasteiger partial charge on any atom is -0.493 e. The Morgan fingerprint density at radius 3 is 2.47 bits per heavy atom. The molecule has 15 heavy (non-hydrogen) atoms. The van der Waals surface area contributed by atoms with E-state index in [1.54, 1.807) is 14.2 Å². The number of hydrogen-bond acceptors (Lipinski definition) is 3. The molecule has 0 radical (unpaired) electrons. The molecule has 0 bridgehead atoms. The molecule has 0 saturated heterocycles. The lowest BCUT2D eigenvalue weighted by Gasteiger charge is -2.12. The lowest BCUT2D eigenvalue weighted by atomic mass is 10.3. The van der Waals surface area contributed by atoms with Crippen LogP contribution in [0.1, 0.15) is 6.42 Å². The molecule has 0 N–H and O–H groups in total. The summed E-state index contributed by atoms with van der Waals surface area (Å²) in [7, 11) is 3.22. The quantitative estimate of drug-likeness (QED) is 0.590. The summed E-state index contributed by atoms with van der Waals surface area (Å²) in [5.41, 5.74) is 0. The molecule has 1 aromatic carbocycles. The average Bonchev–Trinajstić information content (AvgIpc) is 2.29. The summed E-state index contributed by atoms with van der Waals surface area (Å²) in [5, 5.41) is 0.930. The van der Waals surface area contributed by atoms with E-state index in [0.29, 0.717) is 18.1 Å². The maximum atomic E-state index is 5.58. The molecule has 1 aromatic rings. The van der Waals surface area contributed by atoms with Crippen molar-refractivity contribution in [1.29, 1.82) is 0 Å². The first-order chi connectivity index (χ1) is 7.33. The van der Waals surface area contributed by atoms with E-state index in [1.807, 2.05) is 18.2 Å². The van der Waals surface area contributed by atoms with Crippen LogP contribution in [0.3, 0.4) is 0 Å². The van der Waals surface area contributed by atoms with Crippen molar-refractivity contribution in [3.05, 3.63) is 18.2 Å². The topological polar surface area (TPSA) is 27.7 Å². The predicted octanol–water partition coefficient (Wildman–Crippen LogP) is 2.87. The maximum Gasteiger partial charge on any atom is 0.203 e. The van der Waals surface area contributed by atoms with Gasteiger partial charge in [-0.1, -0.05) is 22.0 Å². The highest BCUT2D eigenvalue weighted by atomic mass is 79.9. The van der Waals surface area contributed by atoms with Crippen molar-refractivity contribution in [2.24, 2.45) is 0 Å². The van der Waals surface area contributed by atoms with Crippen molar-refractivity contribution >= 4 is 15.9 Å². The van der Waals surface area contributed by atoms with Gasteiger partial charge in [-0.05, 0) is 18.6 Å². The molecule has 0 heterocycles. The van der Waals surface area contributed by atoms with Crippen molar-refractivity contribution < 1.29 is 14.2 Å². The van der Waals surface area contributed by atoms with E-state index < -0.39 is 0 Å². The number of alkyl halides is 1. The summed E-state index contributed by atoms with van der Waals surface area (Å²) in [6.45, 7) is 0.661. The minimum atomic E-state index is 0.648. The van der Waals surface area contributed by atoms with Gasteiger partial charge >= 0.3 is 0 Å². The van der Waals surface area contributed by atoms with Crippen LogP contribution in [0, 0.1) is 0 Å². The van der Waals surface area contributed by atoms with Crippen LogP contribution >= 0.6 is 15.9 Å². The van der Waals surface area contributed by atoms with E-state index in [1.165, 1.54) is 0 Å². The third-order valence-corrected chi connectivity index (χ3v) is 2.46. The van der Waals surface area contributed by atoms with E-state index in [9.17, 15) is 0 Å². The number of hydrogen-bond donors (Lipinski definition) is 0. The molecule has 0 aliphatic rings. The van der Waals surface area contributed by atoms with Crippen molar-refractivity contribution in [2.45, 2.75) is 6.42 Å². The van der Waals surface area contributed by atoms with Gasteiger partial charge in [0.05, 0.1) is 20.8 Å². The van der Waals surface area contributed by atoms with Gasteiger partial charge in [-0.2, -0.15) is 0 Å². The molecule has 0 saturated carbocycles. The molecule has 0 aliphatic heterocycles. The summed E-state index contributed by atoms with van der Waals surface area (Å²) in [5.74, 6) is 2.06. The van der Waals surface area contributed by atoms with Gasteiger partial charge in [-0.15, -0.1) is 0 Å². The van der Waals surface area contributed by atoms with Crippen molar-refractivity contribution in [3.63, 3.8) is 0 Å². The number of halogens is 1. The zero-order valence-corrected chi connectivity index (χ0v) is 10.5. The van der Waals surface area contributed by atoms with Crippen LogP contribution in [0.2, 0.25) is 0 Å². The molecule has 0 amide bonds. The highest BCUT2D eigenvalue weighted by Gasteiger charge is 2.09. The monoisotopic (exact) mass is 274 g/mol. The SMILES string of the molecule is COc1cccc(OCCCBr)c1OC. The van der Waals surface area contributed by atoms with Gasteiger partial charge in [0.2, 0.25) is 5.75 Å². The molecule has 1 rings (SSSR count). The summed E-state index contributed by atoms with van der Waals surface area (Å²) in [6.07, 6.45) is 0.959. The lowest BCUT2D eigenvalue weighted by Crippen LogP contribution is -2.00. The number of benzene rings is 1. The number of para-hydroxylation sites is 1. The molecule has 0 aliphatic carbocycles. The first kappa shape index (κ1) is 12.2. The largest absolute Gasteiger partial charge is 0.493 e. The van der Waals surface area contributed by atoms with Gasteiger partial charge in [0.15, 0.2) is 11.5 Å². The van der Waals surface area contributed by atoms with Gasteiger partial charge in [-0.25, -0.2) is 0 Å². The predicted molar refractivity (Wildman–Crippen MR) is 63.5 cm³/mol. The highest BCUT2D eigenvalue weighted by Crippen LogP contribution is 2.36. The normalized spacial score (nSPS) is 9.80. The number of ether oxygens (including phenoxy) is 3. The molecule has 0 atom stereocenters. The second-order valence-electron chi connectivity index (χ2n) is 2.88. The molecular formula is C11H15BrO3. The van der Waals surface area contributed by atoms with Crippen LogP contribution in [0.25, 0.3) is 0 Å². The van der Waals surface area contributed by atoms with Crippen LogP contribution in [0.4, 0.5) is 0 Å². The standard InChI is InChI=1S/C11H15BrO3/c1-13-9-5-3-6-10(11(9)14-2)15-8-4-7-12/h3,5-6H,4,7-8H2,1-2H3. The van der Waals surface area contributed by atoms with Crippen molar-refractivity contribution in [2.75, 3.05) is 26.2 Å². The molecule has 0 spiro atoms. The minimum absolute atomic E-state index is 0.648. The molecule has 0 aromatic heterocycles. The third-order valence-electron chi connectivity index (χ3n) is 1.90. The Bertz CT molecular complexity index is 302. The highest BCUT2D eigenvalue weighted by molar-refractivity contribution is 9.09. The smallest absolute Gasteiger partial charge is 0.203 e. The van der Waals surface area contributed by atoms with E-state index in [0.717, 1.165) is 17.5 Å². The Morgan fingerprint density at radius 1 is 1.13 bits per heavy atom. The first-order valence-electron chi connectivity index (χ1n) is 4.73. The molecule has 84 valence electrons. The Balaban J connectivity index is 2.76. The molecule has 0 unspecified atom stereocenters. The van der Waals surface area contributed by atoms with Crippen LogP contribution in [0.5, 0.6) is 17.2 Å². The maximum absolute atomic E-state index is 5.58. The van der Waals surface area contributed by atoms with Gasteiger partial charge in [0, 0.05) is 5.33 Å². The Labute approximate surface area is 98.5 Å². The third kappa shape index (κ3) is 3.30. The molecule has 3 nitrogen and oxygen atoms in total. The van der Waals surface area contributed by atoms with Gasteiger partial charge in [0.1, 0.15) is 0 Å². The molecular weight excluding hydrogens is 260 g/mol. The second-order valence-corrected chi connectivity index (χ2v) is 3.68. The Kier molecular flexibility index (Phi) is 5.32. The van der Waals surface area contributed by atoms with Gasteiger partial charge in [-0.3, -0.25) is 0 Å². The zero-order chi connectivity index (χ0) is 11.1. The van der Waals surface area contributed by atoms with Crippen LogP contribution in [-0.4, -0.2) is 26.2 Å². The molecule has 4 heteroatoms. The lowest BCUT2D eigenvalue weighted by molar-refractivity contribution is 0.285. The number of rotatable bonds is 6. The van der Waals surface area contributed by atoms with Gasteiger partial charge in [0.25, 0.3) is 0 Å². The first-order valence-corrected chi connectivity index (χ1v) is 5.85. The fourth-order valence-electron chi connectivity index (χ4n) is 1.21. The molecule has 0 fully saturated rings. The fourth-order valence-corrected chi connectivity index (χ4v) is 1.44.